The smallest absolute Gasteiger partial charge is 0.273 e. The molecule has 1 aromatic carbocycles. The summed E-state index contributed by atoms with van der Waals surface area (Å²) in [6.07, 6.45) is -3.25. The van der Waals surface area contributed by atoms with Crippen molar-refractivity contribution in [3.05, 3.63) is 62.9 Å². The van der Waals surface area contributed by atoms with Gasteiger partial charge in [-0.15, -0.1) is 5.10 Å². The largest absolute Gasteiger partial charge is 0.416 e. The lowest BCUT2D eigenvalue weighted by Gasteiger charge is -2.11. The number of hydrogen-bond acceptors (Lipinski definition) is 4. The molecule has 0 saturated carbocycles. The fraction of sp³-hybridized carbons (Fsp3) is 0.0769. The molecular formula is C13H7F3N4O2. The molecule has 0 aliphatic heterocycles. The highest BCUT2D eigenvalue weighted by Crippen LogP contribution is 2.30. The Morgan fingerprint density at radius 3 is 2.55 bits per heavy atom. The SMILES string of the molecule is O=c1[nH]c(=O)n(-c2cccnn2)c2cc(C(F)(F)F)ccc12. The fourth-order valence-electron chi connectivity index (χ4n) is 2.05. The monoisotopic (exact) mass is 308 g/mol. The van der Waals surface area contributed by atoms with Crippen LogP contribution in [0.1, 0.15) is 5.56 Å². The first-order chi connectivity index (χ1) is 10.4. The Balaban J connectivity index is 2.45. The molecule has 6 nitrogen and oxygen atoms in total. The molecule has 3 aromatic rings. The van der Waals surface area contributed by atoms with Gasteiger partial charge in [0.25, 0.3) is 5.56 Å². The molecule has 0 fully saturated rings. The van der Waals surface area contributed by atoms with Crippen molar-refractivity contribution in [1.29, 1.82) is 0 Å². The van der Waals surface area contributed by atoms with Gasteiger partial charge in [-0.1, -0.05) is 0 Å². The first-order valence-corrected chi connectivity index (χ1v) is 6.02. The molecule has 0 unspecified atom stereocenters. The van der Waals surface area contributed by atoms with Crippen LogP contribution in [-0.4, -0.2) is 19.7 Å². The van der Waals surface area contributed by atoms with Crippen molar-refractivity contribution in [1.82, 2.24) is 19.7 Å². The van der Waals surface area contributed by atoms with E-state index in [0.29, 0.717) is 0 Å². The second kappa shape index (κ2) is 4.79. The number of hydrogen-bond donors (Lipinski definition) is 1. The maximum absolute atomic E-state index is 12.8. The summed E-state index contributed by atoms with van der Waals surface area (Å²) in [6.45, 7) is 0. The molecule has 0 spiro atoms. The van der Waals surface area contributed by atoms with E-state index in [1.54, 1.807) is 0 Å². The molecule has 0 amide bonds. The number of rotatable bonds is 1. The van der Waals surface area contributed by atoms with E-state index < -0.39 is 23.0 Å². The fourth-order valence-corrected chi connectivity index (χ4v) is 2.05. The lowest BCUT2D eigenvalue weighted by Crippen LogP contribution is -2.30. The zero-order chi connectivity index (χ0) is 15.9. The minimum absolute atomic E-state index is 0.00748. The van der Waals surface area contributed by atoms with Crippen LogP contribution < -0.4 is 11.2 Å². The van der Waals surface area contributed by atoms with Gasteiger partial charge in [-0.25, -0.2) is 9.36 Å². The number of nitrogens with zero attached hydrogens (tertiary/aromatic N) is 3. The predicted molar refractivity (Wildman–Crippen MR) is 70.8 cm³/mol. The van der Waals surface area contributed by atoms with Crippen LogP contribution in [0.3, 0.4) is 0 Å². The first-order valence-electron chi connectivity index (χ1n) is 6.02. The summed E-state index contributed by atoms with van der Waals surface area (Å²) in [4.78, 5) is 25.8. The van der Waals surface area contributed by atoms with Gasteiger partial charge in [0.2, 0.25) is 0 Å². The molecule has 9 heteroatoms. The lowest BCUT2D eigenvalue weighted by atomic mass is 10.1. The van der Waals surface area contributed by atoms with Gasteiger partial charge < -0.3 is 0 Å². The molecule has 1 N–H and O–H groups in total. The first kappa shape index (κ1) is 14.0. The molecule has 0 aliphatic carbocycles. The van der Waals surface area contributed by atoms with Crippen molar-refractivity contribution in [3.8, 4) is 5.82 Å². The van der Waals surface area contributed by atoms with E-state index in [0.717, 1.165) is 22.8 Å². The number of benzene rings is 1. The standard InChI is InChI=1S/C13H7F3N4O2/c14-13(15,16)7-3-4-8-9(6-7)20(12(22)18-11(8)21)10-2-1-5-17-19-10/h1-6H,(H,18,21,22). The van der Waals surface area contributed by atoms with E-state index >= 15 is 0 Å². The van der Waals surface area contributed by atoms with Gasteiger partial charge in [0, 0.05) is 6.20 Å². The van der Waals surface area contributed by atoms with Crippen LogP contribution in [0.25, 0.3) is 16.7 Å². The summed E-state index contributed by atoms with van der Waals surface area (Å²) in [6, 6.07) is 5.40. The van der Waals surface area contributed by atoms with E-state index in [1.165, 1.54) is 18.3 Å². The Kier molecular flexibility index (Phi) is 3.05. The van der Waals surface area contributed by atoms with E-state index in [9.17, 15) is 22.8 Å². The van der Waals surface area contributed by atoms with Crippen LogP contribution in [0.2, 0.25) is 0 Å². The van der Waals surface area contributed by atoms with E-state index in [-0.39, 0.29) is 16.7 Å². The van der Waals surface area contributed by atoms with E-state index in [2.05, 4.69) is 10.2 Å². The average molecular weight is 308 g/mol. The number of aromatic amines is 1. The van der Waals surface area contributed by atoms with Gasteiger partial charge in [0.05, 0.1) is 16.5 Å². The van der Waals surface area contributed by atoms with Crippen LogP contribution in [0.5, 0.6) is 0 Å². The Labute approximate surface area is 119 Å². The number of alkyl halides is 3. The van der Waals surface area contributed by atoms with Crippen LogP contribution in [0.15, 0.2) is 46.1 Å². The molecule has 0 atom stereocenters. The maximum atomic E-state index is 12.8. The summed E-state index contributed by atoms with van der Waals surface area (Å²) in [5.74, 6) is 0.00748. The Morgan fingerprint density at radius 1 is 1.14 bits per heavy atom. The van der Waals surface area contributed by atoms with Gasteiger partial charge in [0.1, 0.15) is 0 Å². The number of nitrogens with one attached hydrogen (secondary N) is 1. The normalized spacial score (nSPS) is 11.8. The summed E-state index contributed by atoms with van der Waals surface area (Å²) in [7, 11) is 0. The second-order valence-corrected chi connectivity index (χ2v) is 4.41. The number of aromatic nitrogens is 4. The topological polar surface area (TPSA) is 80.6 Å². The molecule has 0 saturated heterocycles. The molecule has 3 rings (SSSR count). The molecule has 22 heavy (non-hydrogen) atoms. The van der Waals surface area contributed by atoms with Gasteiger partial charge in [-0.05, 0) is 30.3 Å². The van der Waals surface area contributed by atoms with Crippen molar-refractivity contribution in [2.45, 2.75) is 6.18 Å². The zero-order valence-electron chi connectivity index (χ0n) is 10.8. The van der Waals surface area contributed by atoms with Gasteiger partial charge in [-0.3, -0.25) is 9.78 Å². The molecular weight excluding hydrogens is 301 g/mol. The summed E-state index contributed by atoms with van der Waals surface area (Å²) < 4.78 is 39.4. The average Bonchev–Trinajstić information content (AvgIpc) is 2.47. The second-order valence-electron chi connectivity index (χ2n) is 4.41. The van der Waals surface area contributed by atoms with Crippen LogP contribution in [-0.2, 0) is 6.18 Å². The Bertz CT molecular complexity index is 961. The van der Waals surface area contributed by atoms with Crippen LogP contribution in [0.4, 0.5) is 13.2 Å². The van der Waals surface area contributed by atoms with E-state index in [1.807, 2.05) is 4.98 Å². The number of fused-ring (bicyclic) bond motifs is 1. The van der Waals surface area contributed by atoms with Crippen molar-refractivity contribution in [2.24, 2.45) is 0 Å². The summed E-state index contributed by atoms with van der Waals surface area (Å²) in [5, 5.41) is 7.21. The third-order valence-electron chi connectivity index (χ3n) is 3.02. The van der Waals surface area contributed by atoms with Gasteiger partial charge in [-0.2, -0.15) is 18.3 Å². The van der Waals surface area contributed by atoms with E-state index in [4.69, 9.17) is 0 Å². The molecule has 2 aromatic heterocycles. The lowest BCUT2D eigenvalue weighted by molar-refractivity contribution is -0.137. The van der Waals surface area contributed by atoms with Crippen molar-refractivity contribution in [3.63, 3.8) is 0 Å². The number of H-pyrrole nitrogens is 1. The summed E-state index contributed by atoms with van der Waals surface area (Å²) in [5.41, 5.74) is -2.82. The molecule has 2 heterocycles. The maximum Gasteiger partial charge on any atom is 0.416 e. The quantitative estimate of drug-likeness (QED) is 0.738. The third-order valence-corrected chi connectivity index (χ3v) is 3.02. The third kappa shape index (κ3) is 2.26. The molecule has 0 radical (unpaired) electrons. The van der Waals surface area contributed by atoms with Gasteiger partial charge in [0.15, 0.2) is 5.82 Å². The Morgan fingerprint density at radius 2 is 1.91 bits per heavy atom. The highest BCUT2D eigenvalue weighted by Gasteiger charge is 2.31. The van der Waals surface area contributed by atoms with Crippen molar-refractivity contribution < 1.29 is 13.2 Å². The van der Waals surface area contributed by atoms with Gasteiger partial charge >= 0.3 is 11.9 Å². The minimum atomic E-state index is -4.60. The molecule has 0 bridgehead atoms. The zero-order valence-corrected chi connectivity index (χ0v) is 10.8. The summed E-state index contributed by atoms with van der Waals surface area (Å²) >= 11 is 0. The number of halogens is 3. The molecule has 0 aliphatic rings. The van der Waals surface area contributed by atoms with Crippen molar-refractivity contribution in [2.75, 3.05) is 0 Å². The Hall–Kier alpha value is -2.97. The highest BCUT2D eigenvalue weighted by atomic mass is 19.4. The highest BCUT2D eigenvalue weighted by molar-refractivity contribution is 5.80. The van der Waals surface area contributed by atoms with Crippen LogP contribution >= 0.6 is 0 Å². The minimum Gasteiger partial charge on any atom is -0.273 e. The molecule has 112 valence electrons. The predicted octanol–water partition coefficient (Wildman–Crippen LogP) is 1.49. The van der Waals surface area contributed by atoms with Crippen LogP contribution in [0, 0.1) is 0 Å². The van der Waals surface area contributed by atoms with Crippen molar-refractivity contribution >= 4 is 10.9 Å².